The van der Waals surface area contributed by atoms with Gasteiger partial charge in [0.15, 0.2) is 0 Å². The number of carbonyl (C=O) groups is 4. The van der Waals surface area contributed by atoms with E-state index in [2.05, 4.69) is 19.7 Å². The SMILES string of the molecule is C=C(C)C(=O)OCC(COC(=O)C(=C)C)(COC(=O)C(=C)CC1COC(=O)OC1)COc1ccc(C)cc1. The van der Waals surface area contributed by atoms with Crippen molar-refractivity contribution in [2.45, 2.75) is 27.2 Å². The minimum absolute atomic E-state index is 0.0904. The predicted molar refractivity (Wildman–Crippen MR) is 136 cm³/mol. The van der Waals surface area contributed by atoms with E-state index in [1.165, 1.54) is 13.8 Å². The quantitative estimate of drug-likeness (QED) is 0.199. The Labute approximate surface area is 222 Å². The van der Waals surface area contributed by atoms with Crippen LogP contribution >= 0.6 is 0 Å². The van der Waals surface area contributed by atoms with Gasteiger partial charge in [0.05, 0.1) is 0 Å². The topological polar surface area (TPSA) is 124 Å². The van der Waals surface area contributed by atoms with E-state index in [1.807, 2.05) is 19.1 Å². The second kappa shape index (κ2) is 14.0. The Morgan fingerprint density at radius 2 is 1.32 bits per heavy atom. The molecular formula is C28H34O10. The minimum atomic E-state index is -1.28. The van der Waals surface area contributed by atoms with Crippen LogP contribution in [0, 0.1) is 18.3 Å². The van der Waals surface area contributed by atoms with Crippen molar-refractivity contribution in [1.29, 1.82) is 0 Å². The lowest BCUT2D eigenvalue weighted by Crippen LogP contribution is -2.44. The maximum absolute atomic E-state index is 12.8. The fourth-order valence-corrected chi connectivity index (χ4v) is 3.14. The lowest BCUT2D eigenvalue weighted by atomic mass is 9.92. The molecule has 0 N–H and O–H groups in total. The third kappa shape index (κ3) is 9.76. The molecule has 0 aromatic heterocycles. The molecule has 1 aliphatic rings. The molecule has 0 saturated carbocycles. The highest BCUT2D eigenvalue weighted by Gasteiger charge is 2.38. The molecule has 0 unspecified atom stereocenters. The number of hydrogen-bond acceptors (Lipinski definition) is 10. The van der Waals surface area contributed by atoms with Gasteiger partial charge >= 0.3 is 24.1 Å². The van der Waals surface area contributed by atoms with Crippen molar-refractivity contribution >= 4 is 24.1 Å². The number of cyclic esters (lactones) is 2. The van der Waals surface area contributed by atoms with E-state index >= 15 is 0 Å². The Balaban J connectivity index is 2.19. The number of esters is 3. The molecule has 0 radical (unpaired) electrons. The van der Waals surface area contributed by atoms with Crippen LogP contribution in [0.5, 0.6) is 5.75 Å². The highest BCUT2D eigenvalue weighted by molar-refractivity contribution is 5.88. The zero-order valence-electron chi connectivity index (χ0n) is 22.0. The highest BCUT2D eigenvalue weighted by atomic mass is 16.7. The van der Waals surface area contributed by atoms with E-state index in [9.17, 15) is 19.2 Å². The summed E-state index contributed by atoms with van der Waals surface area (Å²) in [6, 6.07) is 7.23. The molecule has 10 heteroatoms. The largest absolute Gasteiger partial charge is 0.508 e. The molecule has 1 fully saturated rings. The zero-order valence-corrected chi connectivity index (χ0v) is 22.0. The van der Waals surface area contributed by atoms with Gasteiger partial charge in [-0.15, -0.1) is 0 Å². The van der Waals surface area contributed by atoms with Crippen LogP contribution in [0.1, 0.15) is 25.8 Å². The molecule has 1 aromatic carbocycles. The molecule has 1 aromatic rings. The van der Waals surface area contributed by atoms with Gasteiger partial charge in [-0.25, -0.2) is 19.2 Å². The lowest BCUT2D eigenvalue weighted by molar-refractivity contribution is -0.159. The first-order chi connectivity index (χ1) is 17.9. The molecule has 206 valence electrons. The van der Waals surface area contributed by atoms with Crippen LogP contribution in [-0.2, 0) is 38.1 Å². The molecule has 10 nitrogen and oxygen atoms in total. The van der Waals surface area contributed by atoms with Crippen LogP contribution in [-0.4, -0.2) is 63.7 Å². The Hall–Kier alpha value is -4.08. The van der Waals surface area contributed by atoms with Crippen LogP contribution in [0.3, 0.4) is 0 Å². The van der Waals surface area contributed by atoms with E-state index in [0.29, 0.717) is 5.75 Å². The summed E-state index contributed by atoms with van der Waals surface area (Å²) in [5.41, 5.74) is 0.208. The Kier molecular flexibility index (Phi) is 11.1. The van der Waals surface area contributed by atoms with Gasteiger partial charge in [0.1, 0.15) is 50.8 Å². The number of rotatable bonds is 14. The fraction of sp³-hybridized carbons (Fsp3) is 0.429. The first kappa shape index (κ1) is 30.1. The van der Waals surface area contributed by atoms with Gasteiger partial charge in [0, 0.05) is 22.6 Å². The maximum atomic E-state index is 12.8. The molecule has 1 heterocycles. The second-order valence-corrected chi connectivity index (χ2v) is 9.44. The third-order valence-electron chi connectivity index (χ3n) is 5.49. The van der Waals surface area contributed by atoms with E-state index < -0.39 is 29.5 Å². The normalized spacial score (nSPS) is 13.4. The fourth-order valence-electron chi connectivity index (χ4n) is 3.14. The average Bonchev–Trinajstić information content (AvgIpc) is 2.89. The van der Waals surface area contributed by atoms with E-state index in [1.54, 1.807) is 12.1 Å². The van der Waals surface area contributed by atoms with Crippen LogP contribution < -0.4 is 4.74 Å². The van der Waals surface area contributed by atoms with Crippen molar-refractivity contribution in [2.24, 2.45) is 11.3 Å². The maximum Gasteiger partial charge on any atom is 0.508 e. The molecule has 1 aliphatic heterocycles. The summed E-state index contributed by atoms with van der Waals surface area (Å²) in [5, 5.41) is 0. The van der Waals surface area contributed by atoms with Gasteiger partial charge < -0.3 is 28.4 Å². The Morgan fingerprint density at radius 3 is 1.79 bits per heavy atom. The Morgan fingerprint density at radius 1 is 0.842 bits per heavy atom. The van der Waals surface area contributed by atoms with E-state index in [-0.39, 0.29) is 68.7 Å². The molecule has 0 aliphatic carbocycles. The highest BCUT2D eigenvalue weighted by Crippen LogP contribution is 2.25. The van der Waals surface area contributed by atoms with Crippen molar-refractivity contribution in [1.82, 2.24) is 0 Å². The van der Waals surface area contributed by atoms with Crippen LogP contribution in [0.15, 0.2) is 60.7 Å². The van der Waals surface area contributed by atoms with Gasteiger partial charge in [-0.2, -0.15) is 0 Å². The summed E-state index contributed by atoms with van der Waals surface area (Å²) in [5.74, 6) is -1.80. The molecule has 0 atom stereocenters. The monoisotopic (exact) mass is 530 g/mol. The number of carbonyl (C=O) groups excluding carboxylic acids is 4. The summed E-state index contributed by atoms with van der Waals surface area (Å²) in [6.45, 7) is 14.9. The number of ether oxygens (including phenoxy) is 6. The predicted octanol–water partition coefficient (Wildman–Crippen LogP) is 3.87. The van der Waals surface area contributed by atoms with Crippen molar-refractivity contribution in [3.63, 3.8) is 0 Å². The standard InChI is InChI=1S/C28H34O10/c1-18(2)24(29)36-15-28(16-37-25(30)19(3)4,14-35-23-9-7-20(5)8-10-23)17-38-26(31)21(6)11-22-12-33-27(32)34-13-22/h7-10,22H,1,3,6,11-17H2,2,4-5H3. The minimum Gasteiger partial charge on any atom is -0.493 e. The van der Waals surface area contributed by atoms with Gasteiger partial charge in [0.2, 0.25) is 0 Å². The first-order valence-corrected chi connectivity index (χ1v) is 11.9. The van der Waals surface area contributed by atoms with Crippen molar-refractivity contribution in [3.8, 4) is 5.75 Å². The van der Waals surface area contributed by atoms with Crippen molar-refractivity contribution < 1.29 is 47.6 Å². The summed E-state index contributed by atoms with van der Waals surface area (Å²) in [7, 11) is 0. The van der Waals surface area contributed by atoms with Crippen molar-refractivity contribution in [3.05, 3.63) is 66.3 Å². The molecule has 38 heavy (non-hydrogen) atoms. The summed E-state index contributed by atoms with van der Waals surface area (Å²) < 4.78 is 31.9. The average molecular weight is 531 g/mol. The molecule has 2 rings (SSSR count). The molecule has 0 bridgehead atoms. The summed E-state index contributed by atoms with van der Waals surface area (Å²) >= 11 is 0. The molecule has 1 saturated heterocycles. The van der Waals surface area contributed by atoms with E-state index in [0.717, 1.165) is 5.56 Å². The summed E-state index contributed by atoms with van der Waals surface area (Å²) in [4.78, 5) is 48.2. The van der Waals surface area contributed by atoms with Crippen LogP contribution in [0.25, 0.3) is 0 Å². The number of benzene rings is 1. The van der Waals surface area contributed by atoms with Crippen molar-refractivity contribution in [2.75, 3.05) is 39.6 Å². The molecule has 0 amide bonds. The van der Waals surface area contributed by atoms with Gasteiger partial charge in [-0.05, 0) is 39.3 Å². The van der Waals surface area contributed by atoms with Gasteiger partial charge in [-0.1, -0.05) is 37.4 Å². The molecular weight excluding hydrogens is 496 g/mol. The number of aryl methyl sites for hydroxylation is 1. The van der Waals surface area contributed by atoms with Crippen LogP contribution in [0.4, 0.5) is 4.79 Å². The van der Waals surface area contributed by atoms with E-state index in [4.69, 9.17) is 28.4 Å². The number of hydrogen-bond donors (Lipinski definition) is 0. The van der Waals surface area contributed by atoms with Crippen LogP contribution in [0.2, 0.25) is 0 Å². The second-order valence-electron chi connectivity index (χ2n) is 9.44. The third-order valence-corrected chi connectivity index (χ3v) is 5.49. The first-order valence-electron chi connectivity index (χ1n) is 11.9. The van der Waals surface area contributed by atoms with Gasteiger partial charge in [0.25, 0.3) is 0 Å². The summed E-state index contributed by atoms with van der Waals surface area (Å²) in [6.07, 6.45) is -0.588. The lowest BCUT2D eigenvalue weighted by Gasteiger charge is -2.32. The Bertz CT molecular complexity index is 1030. The zero-order chi connectivity index (χ0) is 28.3. The molecule has 0 spiro atoms. The smallest absolute Gasteiger partial charge is 0.493 e. The van der Waals surface area contributed by atoms with Gasteiger partial charge in [-0.3, -0.25) is 0 Å².